The summed E-state index contributed by atoms with van der Waals surface area (Å²) in [4.78, 5) is 4.58. The van der Waals surface area contributed by atoms with Gasteiger partial charge in [0.05, 0.1) is 6.04 Å². The summed E-state index contributed by atoms with van der Waals surface area (Å²) in [5.41, 5.74) is 3.36. The number of imidazole rings is 1. The maximum Gasteiger partial charge on any atom is 0.127 e. The van der Waals surface area contributed by atoms with Crippen LogP contribution >= 0.6 is 0 Å². The maximum absolute atomic E-state index is 5.92. The first-order valence-corrected chi connectivity index (χ1v) is 7.60. The first kappa shape index (κ1) is 14.5. The van der Waals surface area contributed by atoms with Crippen molar-refractivity contribution in [3.05, 3.63) is 18.2 Å². The highest BCUT2D eigenvalue weighted by Gasteiger charge is 2.43. The van der Waals surface area contributed by atoms with Crippen LogP contribution < -0.4 is 11.3 Å². The van der Waals surface area contributed by atoms with Gasteiger partial charge in [0, 0.05) is 18.9 Å². The molecule has 19 heavy (non-hydrogen) atoms. The normalized spacial score (nSPS) is 20.1. The molecule has 1 atom stereocenters. The molecule has 1 aliphatic rings. The van der Waals surface area contributed by atoms with Gasteiger partial charge >= 0.3 is 0 Å². The summed E-state index contributed by atoms with van der Waals surface area (Å²) in [5, 5.41) is 0. The molecule has 0 bridgehead atoms. The van der Waals surface area contributed by atoms with Crippen LogP contribution in [0.4, 0.5) is 0 Å². The zero-order valence-electron chi connectivity index (χ0n) is 12.5. The van der Waals surface area contributed by atoms with Gasteiger partial charge in [-0.05, 0) is 37.5 Å². The van der Waals surface area contributed by atoms with Gasteiger partial charge in [0.25, 0.3) is 0 Å². The smallest absolute Gasteiger partial charge is 0.127 e. The van der Waals surface area contributed by atoms with E-state index in [1.807, 2.05) is 6.20 Å². The van der Waals surface area contributed by atoms with E-state index in [0.29, 0.717) is 5.92 Å². The molecule has 4 nitrogen and oxygen atoms in total. The van der Waals surface area contributed by atoms with Crippen LogP contribution in [0.5, 0.6) is 0 Å². The summed E-state index contributed by atoms with van der Waals surface area (Å²) in [6, 6.07) is 0.173. The van der Waals surface area contributed by atoms with Crippen LogP contribution in [0.3, 0.4) is 0 Å². The van der Waals surface area contributed by atoms with Gasteiger partial charge in [0.1, 0.15) is 5.82 Å². The van der Waals surface area contributed by atoms with E-state index in [-0.39, 0.29) is 11.5 Å². The fraction of sp³-hybridized carbons (Fsp3) is 0.800. The Morgan fingerprint density at radius 1 is 1.42 bits per heavy atom. The van der Waals surface area contributed by atoms with Crippen molar-refractivity contribution in [3.63, 3.8) is 0 Å². The lowest BCUT2D eigenvalue weighted by atomic mass is 9.72. The van der Waals surface area contributed by atoms with E-state index in [2.05, 4.69) is 41.9 Å². The molecule has 1 saturated carbocycles. The van der Waals surface area contributed by atoms with Crippen LogP contribution in [0.1, 0.15) is 64.7 Å². The third-order valence-electron chi connectivity index (χ3n) is 4.54. The van der Waals surface area contributed by atoms with Gasteiger partial charge in [-0.25, -0.2) is 10.4 Å². The van der Waals surface area contributed by atoms with Gasteiger partial charge in [-0.3, -0.25) is 5.84 Å². The predicted octanol–water partition coefficient (Wildman–Crippen LogP) is 3.01. The minimum Gasteiger partial charge on any atom is -0.334 e. The second-order valence-corrected chi connectivity index (χ2v) is 6.34. The van der Waals surface area contributed by atoms with Gasteiger partial charge in [0.15, 0.2) is 0 Å². The van der Waals surface area contributed by atoms with Crippen LogP contribution in [0.15, 0.2) is 12.4 Å². The lowest BCUT2D eigenvalue weighted by molar-refractivity contribution is 0.147. The molecule has 4 heteroatoms. The molecule has 0 aromatic carbocycles. The summed E-state index contributed by atoms with van der Waals surface area (Å²) in [5.74, 6) is 7.72. The Morgan fingerprint density at radius 2 is 2.11 bits per heavy atom. The van der Waals surface area contributed by atoms with Crippen molar-refractivity contribution < 1.29 is 0 Å². The summed E-state index contributed by atoms with van der Waals surface area (Å²) in [6.45, 7) is 7.72. The molecule has 0 radical (unpaired) electrons. The molecule has 0 saturated heterocycles. The molecule has 0 amide bonds. The molecule has 1 aromatic heterocycles. The van der Waals surface area contributed by atoms with Crippen LogP contribution in [0, 0.1) is 11.3 Å². The Labute approximate surface area is 116 Å². The second-order valence-electron chi connectivity index (χ2n) is 6.34. The standard InChI is InChI=1S/C15H28N4/c1-4-19-10-9-17-14(19)13(18-16)15(11-12(2)3)7-5-6-8-15/h9-10,12-13,18H,4-8,11,16H2,1-3H3. The van der Waals surface area contributed by atoms with Gasteiger partial charge < -0.3 is 4.57 Å². The van der Waals surface area contributed by atoms with Crippen LogP contribution in [0.2, 0.25) is 0 Å². The summed E-state index contributed by atoms with van der Waals surface area (Å²) in [6.07, 6.45) is 10.3. The summed E-state index contributed by atoms with van der Waals surface area (Å²) in [7, 11) is 0. The molecule has 1 aliphatic carbocycles. The molecular formula is C15H28N4. The monoisotopic (exact) mass is 264 g/mol. The largest absolute Gasteiger partial charge is 0.334 e. The Morgan fingerprint density at radius 3 is 2.63 bits per heavy atom. The highest BCUT2D eigenvalue weighted by molar-refractivity contribution is 5.08. The van der Waals surface area contributed by atoms with Gasteiger partial charge in [-0.2, -0.15) is 0 Å². The average Bonchev–Trinajstić information content (AvgIpc) is 2.99. The van der Waals surface area contributed by atoms with Gasteiger partial charge in [0.2, 0.25) is 0 Å². The number of hydrogen-bond donors (Lipinski definition) is 2. The quantitative estimate of drug-likeness (QED) is 0.613. The van der Waals surface area contributed by atoms with Crippen LogP contribution in [-0.2, 0) is 6.54 Å². The summed E-state index contributed by atoms with van der Waals surface area (Å²) < 4.78 is 2.21. The van der Waals surface area contributed by atoms with Crippen molar-refractivity contribution in [1.29, 1.82) is 0 Å². The Bertz CT molecular complexity index is 391. The van der Waals surface area contributed by atoms with Crippen molar-refractivity contribution >= 4 is 0 Å². The third kappa shape index (κ3) is 2.84. The molecule has 0 spiro atoms. The molecule has 1 fully saturated rings. The van der Waals surface area contributed by atoms with Gasteiger partial charge in [-0.1, -0.05) is 26.7 Å². The van der Waals surface area contributed by atoms with E-state index in [1.54, 1.807) is 0 Å². The third-order valence-corrected chi connectivity index (χ3v) is 4.54. The molecule has 1 heterocycles. The van der Waals surface area contributed by atoms with Crippen molar-refractivity contribution in [2.75, 3.05) is 0 Å². The fourth-order valence-electron chi connectivity index (χ4n) is 3.88. The van der Waals surface area contributed by atoms with E-state index >= 15 is 0 Å². The topological polar surface area (TPSA) is 55.9 Å². The Balaban J connectivity index is 2.32. The highest BCUT2D eigenvalue weighted by atomic mass is 15.3. The lowest BCUT2D eigenvalue weighted by Gasteiger charge is -2.38. The van der Waals surface area contributed by atoms with Crippen molar-refractivity contribution in [2.24, 2.45) is 17.2 Å². The highest BCUT2D eigenvalue weighted by Crippen LogP contribution is 2.51. The van der Waals surface area contributed by atoms with E-state index < -0.39 is 0 Å². The molecule has 1 unspecified atom stereocenters. The van der Waals surface area contributed by atoms with E-state index in [0.717, 1.165) is 12.4 Å². The molecule has 108 valence electrons. The number of nitrogens with two attached hydrogens (primary N) is 1. The number of nitrogens with zero attached hydrogens (tertiary/aromatic N) is 2. The number of aromatic nitrogens is 2. The maximum atomic E-state index is 5.92. The molecular weight excluding hydrogens is 236 g/mol. The Hall–Kier alpha value is -0.870. The Kier molecular flexibility index (Phi) is 4.63. The minimum absolute atomic E-state index is 0.173. The minimum atomic E-state index is 0.173. The molecule has 0 aliphatic heterocycles. The van der Waals surface area contributed by atoms with Gasteiger partial charge in [-0.15, -0.1) is 0 Å². The number of hydrazine groups is 1. The first-order valence-electron chi connectivity index (χ1n) is 7.60. The lowest BCUT2D eigenvalue weighted by Crippen LogP contribution is -2.42. The van der Waals surface area contributed by atoms with Crippen molar-refractivity contribution in [3.8, 4) is 0 Å². The van der Waals surface area contributed by atoms with Crippen molar-refractivity contribution in [2.45, 2.75) is 65.5 Å². The van der Waals surface area contributed by atoms with Crippen molar-refractivity contribution in [1.82, 2.24) is 15.0 Å². The second kappa shape index (κ2) is 6.06. The SMILES string of the molecule is CCn1ccnc1C(NN)C1(CC(C)C)CCCC1. The molecule has 1 aromatic rings. The zero-order chi connectivity index (χ0) is 13.9. The van der Waals surface area contributed by atoms with Crippen LogP contribution in [0.25, 0.3) is 0 Å². The first-order chi connectivity index (χ1) is 9.13. The number of rotatable bonds is 6. The average molecular weight is 264 g/mol. The van der Waals surface area contributed by atoms with E-state index in [4.69, 9.17) is 5.84 Å². The molecule has 3 N–H and O–H groups in total. The molecule has 2 rings (SSSR count). The fourth-order valence-corrected chi connectivity index (χ4v) is 3.88. The summed E-state index contributed by atoms with van der Waals surface area (Å²) >= 11 is 0. The zero-order valence-corrected chi connectivity index (χ0v) is 12.5. The number of nitrogens with one attached hydrogen (secondary N) is 1. The number of hydrogen-bond acceptors (Lipinski definition) is 3. The van der Waals surface area contributed by atoms with E-state index in [1.165, 1.54) is 32.1 Å². The van der Waals surface area contributed by atoms with E-state index in [9.17, 15) is 0 Å². The number of aryl methyl sites for hydroxylation is 1. The van der Waals surface area contributed by atoms with Crippen LogP contribution in [-0.4, -0.2) is 9.55 Å². The predicted molar refractivity (Wildman–Crippen MR) is 78.3 cm³/mol.